The molecule has 2 aromatic carbocycles. The Morgan fingerprint density at radius 2 is 1.68 bits per heavy atom. The molecule has 4 rings (SSSR count). The third-order valence-corrected chi connectivity index (χ3v) is 4.50. The Labute approximate surface area is 158 Å². The highest BCUT2D eigenvalue weighted by molar-refractivity contribution is 9.10. The molecule has 2 aromatic heterocycles. The first kappa shape index (κ1) is 15.9. The number of pyridine rings is 2. The van der Waals surface area contributed by atoms with Crippen LogP contribution in [-0.4, -0.2) is 15.1 Å². The molecule has 2 heterocycles. The van der Waals surface area contributed by atoms with Gasteiger partial charge in [-0.15, -0.1) is 0 Å². The molecule has 0 aliphatic rings. The molecule has 0 spiro atoms. The van der Waals surface area contributed by atoms with Gasteiger partial charge in [0.2, 0.25) is 0 Å². The second-order valence-corrected chi connectivity index (χ2v) is 6.81. The first-order valence-corrected chi connectivity index (χ1v) is 8.87. The average Bonchev–Trinajstić information content (AvgIpc) is 2.62. The number of fused-ring (bicyclic) bond motifs is 3. The zero-order valence-corrected chi connectivity index (χ0v) is 15.4. The zero-order chi connectivity index (χ0) is 17.2. The number of hydrogen-bond acceptors (Lipinski definition) is 3. The first-order valence-electron chi connectivity index (χ1n) is 7.67. The van der Waals surface area contributed by atoms with Gasteiger partial charge < -0.3 is 10.6 Å². The summed E-state index contributed by atoms with van der Waals surface area (Å²) in [5, 5.41) is 9.05. The molecule has 4 nitrogen and oxygen atoms in total. The average molecular weight is 409 g/mol. The SMILES string of the molecule is S=C(Nc1cccc(Br)c1)Nc1cc2ncccc2c2cccnc12. The molecule has 0 unspecified atom stereocenters. The minimum Gasteiger partial charge on any atom is -0.332 e. The van der Waals surface area contributed by atoms with Crippen LogP contribution in [0.3, 0.4) is 0 Å². The lowest BCUT2D eigenvalue weighted by Crippen LogP contribution is -2.19. The summed E-state index contributed by atoms with van der Waals surface area (Å²) in [6, 6.07) is 17.8. The molecule has 0 bridgehead atoms. The number of anilines is 2. The number of halogens is 1. The van der Waals surface area contributed by atoms with Crippen LogP contribution in [0.5, 0.6) is 0 Å². The molecule has 2 N–H and O–H groups in total. The van der Waals surface area contributed by atoms with Crippen molar-refractivity contribution in [2.24, 2.45) is 0 Å². The van der Waals surface area contributed by atoms with Crippen molar-refractivity contribution in [1.29, 1.82) is 0 Å². The van der Waals surface area contributed by atoms with Gasteiger partial charge in [-0.05, 0) is 48.6 Å². The summed E-state index contributed by atoms with van der Waals surface area (Å²) in [5.41, 5.74) is 3.49. The second kappa shape index (κ2) is 6.74. The first-order chi connectivity index (χ1) is 12.2. The van der Waals surface area contributed by atoms with Gasteiger partial charge in [0.05, 0.1) is 16.7 Å². The van der Waals surface area contributed by atoms with E-state index in [2.05, 4.69) is 36.5 Å². The maximum absolute atomic E-state index is 5.46. The Morgan fingerprint density at radius 1 is 0.880 bits per heavy atom. The molecular formula is C19H13BrN4S. The molecule has 0 atom stereocenters. The molecule has 4 aromatic rings. The highest BCUT2D eigenvalue weighted by atomic mass is 79.9. The molecule has 0 radical (unpaired) electrons. The lowest BCUT2D eigenvalue weighted by molar-refractivity contribution is 1.39. The molecule has 25 heavy (non-hydrogen) atoms. The van der Waals surface area contributed by atoms with Crippen molar-refractivity contribution in [2.45, 2.75) is 0 Å². The third-order valence-electron chi connectivity index (χ3n) is 3.80. The highest BCUT2D eigenvalue weighted by Gasteiger charge is 2.09. The molecular weight excluding hydrogens is 396 g/mol. The number of rotatable bonds is 2. The van der Waals surface area contributed by atoms with E-state index in [1.54, 1.807) is 12.4 Å². The van der Waals surface area contributed by atoms with Gasteiger partial charge in [0.1, 0.15) is 0 Å². The highest BCUT2D eigenvalue weighted by Crippen LogP contribution is 2.29. The summed E-state index contributed by atoms with van der Waals surface area (Å²) in [4.78, 5) is 8.98. The summed E-state index contributed by atoms with van der Waals surface area (Å²) in [5.74, 6) is 0. The van der Waals surface area contributed by atoms with Gasteiger partial charge in [0, 0.05) is 33.3 Å². The lowest BCUT2D eigenvalue weighted by atomic mass is 10.1. The summed E-state index contributed by atoms with van der Waals surface area (Å²) in [7, 11) is 0. The summed E-state index contributed by atoms with van der Waals surface area (Å²) in [6.07, 6.45) is 3.56. The van der Waals surface area contributed by atoms with Gasteiger partial charge >= 0.3 is 0 Å². The maximum Gasteiger partial charge on any atom is 0.175 e. The van der Waals surface area contributed by atoms with Gasteiger partial charge in [0.25, 0.3) is 0 Å². The zero-order valence-electron chi connectivity index (χ0n) is 13.0. The van der Waals surface area contributed by atoms with Gasteiger partial charge in [-0.3, -0.25) is 9.97 Å². The summed E-state index contributed by atoms with van der Waals surface area (Å²) < 4.78 is 0.988. The Kier molecular flexibility index (Phi) is 4.29. The minimum atomic E-state index is 0.500. The van der Waals surface area contributed by atoms with E-state index in [0.29, 0.717) is 5.11 Å². The van der Waals surface area contributed by atoms with Gasteiger partial charge in [-0.25, -0.2) is 0 Å². The van der Waals surface area contributed by atoms with Crippen LogP contribution in [0.4, 0.5) is 11.4 Å². The minimum absolute atomic E-state index is 0.500. The van der Waals surface area contributed by atoms with E-state index >= 15 is 0 Å². The van der Waals surface area contributed by atoms with E-state index in [4.69, 9.17) is 12.2 Å². The van der Waals surface area contributed by atoms with Gasteiger partial charge in [0.15, 0.2) is 5.11 Å². The normalized spacial score (nSPS) is 10.8. The van der Waals surface area contributed by atoms with E-state index in [1.165, 1.54) is 0 Å². The largest absolute Gasteiger partial charge is 0.332 e. The van der Waals surface area contributed by atoms with Crippen molar-refractivity contribution >= 4 is 66.4 Å². The van der Waals surface area contributed by atoms with Crippen molar-refractivity contribution in [3.63, 3.8) is 0 Å². The molecule has 0 fully saturated rings. The monoisotopic (exact) mass is 408 g/mol. The number of hydrogen-bond donors (Lipinski definition) is 2. The van der Waals surface area contributed by atoms with Crippen LogP contribution in [-0.2, 0) is 0 Å². The fourth-order valence-corrected chi connectivity index (χ4v) is 3.38. The van der Waals surface area contributed by atoms with Gasteiger partial charge in [-0.1, -0.05) is 34.1 Å². The number of benzene rings is 2. The second-order valence-electron chi connectivity index (χ2n) is 5.48. The quantitative estimate of drug-likeness (QED) is 0.345. The topological polar surface area (TPSA) is 49.8 Å². The predicted octanol–water partition coefficient (Wildman–Crippen LogP) is 5.35. The van der Waals surface area contributed by atoms with Crippen LogP contribution in [0, 0.1) is 0 Å². The Morgan fingerprint density at radius 3 is 2.52 bits per heavy atom. The maximum atomic E-state index is 5.46. The van der Waals surface area contributed by atoms with Crippen LogP contribution in [0.1, 0.15) is 0 Å². The molecule has 0 saturated carbocycles. The van der Waals surface area contributed by atoms with E-state index in [1.807, 2.05) is 54.6 Å². The third kappa shape index (κ3) is 3.31. The smallest absolute Gasteiger partial charge is 0.175 e. The van der Waals surface area contributed by atoms with Crippen molar-refractivity contribution in [1.82, 2.24) is 9.97 Å². The Bertz CT molecular complexity index is 1100. The number of aromatic nitrogens is 2. The molecule has 0 saturated heterocycles. The predicted molar refractivity (Wildman–Crippen MR) is 111 cm³/mol. The lowest BCUT2D eigenvalue weighted by Gasteiger charge is -2.13. The summed E-state index contributed by atoms with van der Waals surface area (Å²) >= 11 is 8.92. The van der Waals surface area contributed by atoms with Crippen LogP contribution < -0.4 is 10.6 Å². The molecule has 0 aliphatic carbocycles. The van der Waals surface area contributed by atoms with Crippen molar-refractivity contribution in [3.05, 3.63) is 71.5 Å². The molecule has 0 aliphatic heterocycles. The van der Waals surface area contributed by atoms with E-state index in [9.17, 15) is 0 Å². The van der Waals surface area contributed by atoms with E-state index in [0.717, 1.165) is 37.7 Å². The molecule has 0 amide bonds. The van der Waals surface area contributed by atoms with E-state index < -0.39 is 0 Å². The number of nitrogens with zero attached hydrogens (tertiary/aromatic N) is 2. The van der Waals surface area contributed by atoms with Crippen molar-refractivity contribution in [2.75, 3.05) is 10.6 Å². The van der Waals surface area contributed by atoms with Crippen molar-refractivity contribution < 1.29 is 0 Å². The number of thiocarbonyl (C=S) groups is 1. The fraction of sp³-hybridized carbons (Fsp3) is 0. The van der Waals surface area contributed by atoms with Crippen molar-refractivity contribution in [3.8, 4) is 0 Å². The Balaban J connectivity index is 1.71. The van der Waals surface area contributed by atoms with E-state index in [-0.39, 0.29) is 0 Å². The van der Waals surface area contributed by atoms with Crippen LogP contribution in [0.25, 0.3) is 21.8 Å². The van der Waals surface area contributed by atoms with Gasteiger partial charge in [-0.2, -0.15) is 0 Å². The number of nitrogens with one attached hydrogen (secondary N) is 2. The molecule has 122 valence electrons. The van der Waals surface area contributed by atoms with Crippen LogP contribution in [0.2, 0.25) is 0 Å². The summed E-state index contributed by atoms with van der Waals surface area (Å²) in [6.45, 7) is 0. The molecule has 6 heteroatoms. The van der Waals surface area contributed by atoms with Crippen LogP contribution in [0.15, 0.2) is 71.5 Å². The Hall–Kier alpha value is -2.57. The standard InChI is InChI=1S/C19H13BrN4S/c20-12-4-1-5-13(10-12)23-19(25)24-17-11-16-14(6-2-8-21-16)15-7-3-9-22-18(15)17/h1-11H,(H2,23,24,25). The van der Waals surface area contributed by atoms with Crippen LogP contribution >= 0.6 is 28.1 Å². The fourth-order valence-electron chi connectivity index (χ4n) is 2.75.